The molecule has 1 aromatic heterocycles. The summed E-state index contributed by atoms with van der Waals surface area (Å²) in [4.78, 5) is 15.7. The summed E-state index contributed by atoms with van der Waals surface area (Å²) < 4.78 is 0. The van der Waals surface area contributed by atoms with Crippen molar-refractivity contribution >= 4 is 11.7 Å². The highest BCUT2D eigenvalue weighted by atomic mass is 16.1. The molecule has 3 N–H and O–H groups in total. The van der Waals surface area contributed by atoms with Crippen LogP contribution >= 0.6 is 0 Å². The number of amides is 1. The number of hydrogen-bond acceptors (Lipinski definition) is 3. The van der Waals surface area contributed by atoms with Crippen molar-refractivity contribution in [1.29, 1.82) is 0 Å². The van der Waals surface area contributed by atoms with Gasteiger partial charge in [0.15, 0.2) is 0 Å². The molecule has 15 heavy (non-hydrogen) atoms. The number of aromatic nitrogens is 1. The van der Waals surface area contributed by atoms with Crippen LogP contribution in [0, 0.1) is 0 Å². The molecule has 0 aromatic carbocycles. The Bertz CT molecular complexity index is 361. The van der Waals surface area contributed by atoms with Gasteiger partial charge in [0.25, 0.3) is 5.91 Å². The van der Waals surface area contributed by atoms with Crippen molar-refractivity contribution in [1.82, 2.24) is 10.3 Å². The van der Waals surface area contributed by atoms with E-state index in [0.29, 0.717) is 5.56 Å². The highest BCUT2D eigenvalue weighted by Gasteiger charge is 2.20. The molecule has 0 atom stereocenters. The van der Waals surface area contributed by atoms with Gasteiger partial charge in [-0.3, -0.25) is 4.79 Å². The quantitative estimate of drug-likeness (QED) is 0.790. The molecule has 0 radical (unpaired) electrons. The minimum atomic E-state index is -0.223. The van der Waals surface area contributed by atoms with Crippen LogP contribution in [0.15, 0.2) is 18.3 Å². The van der Waals surface area contributed by atoms with Gasteiger partial charge in [-0.1, -0.05) is 6.92 Å². The molecule has 0 unspecified atom stereocenters. The lowest BCUT2D eigenvalue weighted by molar-refractivity contribution is 0.0912. The highest BCUT2D eigenvalue weighted by molar-refractivity contribution is 5.98. The summed E-state index contributed by atoms with van der Waals surface area (Å²) in [7, 11) is 0. The Morgan fingerprint density at radius 3 is 2.80 bits per heavy atom. The van der Waals surface area contributed by atoms with E-state index < -0.39 is 0 Å². The molecule has 4 nitrogen and oxygen atoms in total. The van der Waals surface area contributed by atoms with Gasteiger partial charge in [0.2, 0.25) is 0 Å². The summed E-state index contributed by atoms with van der Waals surface area (Å²) in [5.74, 6) is 0.0920. The monoisotopic (exact) mass is 207 g/mol. The molecule has 0 fully saturated rings. The van der Waals surface area contributed by atoms with E-state index in [2.05, 4.69) is 10.3 Å². The summed E-state index contributed by atoms with van der Waals surface area (Å²) >= 11 is 0. The van der Waals surface area contributed by atoms with Crippen LogP contribution in [-0.4, -0.2) is 16.4 Å². The number of nitrogens with zero attached hydrogens (tertiary/aromatic N) is 1. The topological polar surface area (TPSA) is 68.0 Å². The van der Waals surface area contributed by atoms with Crippen molar-refractivity contribution < 1.29 is 4.79 Å². The minimum Gasteiger partial charge on any atom is -0.383 e. The van der Waals surface area contributed by atoms with E-state index in [0.717, 1.165) is 6.42 Å². The highest BCUT2D eigenvalue weighted by Crippen LogP contribution is 2.11. The normalized spacial score (nSPS) is 11.1. The third-order valence-electron chi connectivity index (χ3n) is 2.42. The SMILES string of the molecule is CCC(C)(C)NC(=O)c1cccnc1N. The Morgan fingerprint density at radius 2 is 2.27 bits per heavy atom. The minimum absolute atomic E-state index is 0.174. The molecule has 0 spiro atoms. The van der Waals surface area contributed by atoms with Crippen molar-refractivity contribution in [3.8, 4) is 0 Å². The third kappa shape index (κ3) is 2.94. The zero-order valence-electron chi connectivity index (χ0n) is 9.37. The Kier molecular flexibility index (Phi) is 3.29. The largest absolute Gasteiger partial charge is 0.383 e. The van der Waals surface area contributed by atoms with E-state index >= 15 is 0 Å². The number of carbonyl (C=O) groups is 1. The fourth-order valence-electron chi connectivity index (χ4n) is 1.07. The van der Waals surface area contributed by atoms with Gasteiger partial charge in [0.05, 0.1) is 5.56 Å². The van der Waals surface area contributed by atoms with E-state index in [9.17, 15) is 4.79 Å². The lowest BCUT2D eigenvalue weighted by Crippen LogP contribution is -2.43. The number of nitrogens with one attached hydrogen (secondary N) is 1. The predicted molar refractivity (Wildman–Crippen MR) is 60.5 cm³/mol. The number of hydrogen-bond donors (Lipinski definition) is 2. The van der Waals surface area contributed by atoms with Crippen molar-refractivity contribution in [3.63, 3.8) is 0 Å². The lowest BCUT2D eigenvalue weighted by Gasteiger charge is -2.24. The van der Waals surface area contributed by atoms with Crippen LogP contribution in [0.5, 0.6) is 0 Å². The van der Waals surface area contributed by atoms with Crippen molar-refractivity contribution in [2.45, 2.75) is 32.7 Å². The third-order valence-corrected chi connectivity index (χ3v) is 2.42. The van der Waals surface area contributed by atoms with Crippen molar-refractivity contribution in [2.24, 2.45) is 0 Å². The summed E-state index contributed by atoms with van der Waals surface area (Å²) in [6, 6.07) is 3.37. The van der Waals surface area contributed by atoms with Crippen LogP contribution in [0.3, 0.4) is 0 Å². The second-order valence-electron chi connectivity index (χ2n) is 4.13. The summed E-state index contributed by atoms with van der Waals surface area (Å²) in [6.07, 6.45) is 2.43. The first kappa shape index (κ1) is 11.5. The number of nitrogens with two attached hydrogens (primary N) is 1. The molecule has 0 aliphatic carbocycles. The average Bonchev–Trinajstić information content (AvgIpc) is 2.17. The molecular weight excluding hydrogens is 190 g/mol. The molecule has 0 aliphatic heterocycles. The lowest BCUT2D eigenvalue weighted by atomic mass is 10.0. The molecular formula is C11H17N3O. The zero-order chi connectivity index (χ0) is 11.5. The van der Waals surface area contributed by atoms with Crippen LogP contribution in [0.1, 0.15) is 37.6 Å². The first-order chi connectivity index (χ1) is 6.96. The smallest absolute Gasteiger partial charge is 0.255 e. The maximum absolute atomic E-state index is 11.8. The Labute approximate surface area is 89.9 Å². The zero-order valence-corrected chi connectivity index (χ0v) is 9.37. The number of carbonyl (C=O) groups excluding carboxylic acids is 1. The maximum atomic E-state index is 11.8. The van der Waals surface area contributed by atoms with Gasteiger partial charge in [-0.25, -0.2) is 4.98 Å². The number of rotatable bonds is 3. The summed E-state index contributed by atoms with van der Waals surface area (Å²) in [5.41, 5.74) is 5.82. The predicted octanol–water partition coefficient (Wildman–Crippen LogP) is 1.58. The maximum Gasteiger partial charge on any atom is 0.255 e. The van der Waals surface area contributed by atoms with E-state index in [1.807, 2.05) is 20.8 Å². The standard InChI is InChI=1S/C11H17N3O/c1-4-11(2,3)14-10(15)8-6-5-7-13-9(8)12/h5-7H,4H2,1-3H3,(H2,12,13)(H,14,15). The Hall–Kier alpha value is -1.58. The molecule has 1 rings (SSSR count). The molecule has 82 valence electrons. The van der Waals surface area contributed by atoms with Gasteiger partial charge >= 0.3 is 0 Å². The molecule has 1 aromatic rings. The van der Waals surface area contributed by atoms with Gasteiger partial charge in [-0.15, -0.1) is 0 Å². The van der Waals surface area contributed by atoms with Gasteiger partial charge in [-0.2, -0.15) is 0 Å². The first-order valence-electron chi connectivity index (χ1n) is 4.99. The van der Waals surface area contributed by atoms with E-state index in [-0.39, 0.29) is 17.3 Å². The second kappa shape index (κ2) is 4.29. The average molecular weight is 207 g/mol. The Morgan fingerprint density at radius 1 is 1.60 bits per heavy atom. The summed E-state index contributed by atoms with van der Waals surface area (Å²) in [6.45, 7) is 5.96. The first-order valence-corrected chi connectivity index (χ1v) is 4.99. The number of pyridine rings is 1. The van der Waals surface area contributed by atoms with Gasteiger partial charge < -0.3 is 11.1 Å². The molecule has 0 aliphatic rings. The van der Waals surface area contributed by atoms with Crippen molar-refractivity contribution in [3.05, 3.63) is 23.9 Å². The molecule has 0 bridgehead atoms. The van der Waals surface area contributed by atoms with E-state index in [1.54, 1.807) is 18.3 Å². The number of nitrogen functional groups attached to an aromatic ring is 1. The van der Waals surface area contributed by atoms with Crippen LogP contribution in [0.25, 0.3) is 0 Å². The molecule has 0 saturated carbocycles. The number of anilines is 1. The van der Waals surface area contributed by atoms with Gasteiger partial charge in [0, 0.05) is 11.7 Å². The Balaban J connectivity index is 2.83. The van der Waals surface area contributed by atoms with Crippen LogP contribution in [-0.2, 0) is 0 Å². The molecule has 1 heterocycles. The van der Waals surface area contributed by atoms with Gasteiger partial charge in [0.1, 0.15) is 5.82 Å². The fraction of sp³-hybridized carbons (Fsp3) is 0.455. The molecule has 4 heteroatoms. The summed E-state index contributed by atoms with van der Waals surface area (Å²) in [5, 5.41) is 2.90. The van der Waals surface area contributed by atoms with E-state index in [4.69, 9.17) is 5.73 Å². The second-order valence-corrected chi connectivity index (χ2v) is 4.13. The fourth-order valence-corrected chi connectivity index (χ4v) is 1.07. The van der Waals surface area contributed by atoms with Gasteiger partial charge in [-0.05, 0) is 32.4 Å². The molecule has 1 amide bonds. The van der Waals surface area contributed by atoms with Crippen LogP contribution in [0.4, 0.5) is 5.82 Å². The molecule has 0 saturated heterocycles. The van der Waals surface area contributed by atoms with Crippen molar-refractivity contribution in [2.75, 3.05) is 5.73 Å². The van der Waals surface area contributed by atoms with Crippen LogP contribution < -0.4 is 11.1 Å². The van der Waals surface area contributed by atoms with Crippen LogP contribution in [0.2, 0.25) is 0 Å². The van der Waals surface area contributed by atoms with E-state index in [1.165, 1.54) is 0 Å².